The van der Waals surface area contributed by atoms with E-state index in [-0.39, 0.29) is 6.42 Å². The van der Waals surface area contributed by atoms with Crippen LogP contribution < -0.4 is 0 Å². The van der Waals surface area contributed by atoms with Crippen LogP contribution in [0.4, 0.5) is 0 Å². The van der Waals surface area contributed by atoms with E-state index in [0.29, 0.717) is 6.42 Å². The number of aliphatic hydroxyl groups excluding tert-OH is 3. The Labute approximate surface area is 185 Å². The second kappa shape index (κ2) is 16.4. The van der Waals surface area contributed by atoms with Gasteiger partial charge in [-0.3, -0.25) is 4.79 Å². The highest BCUT2D eigenvalue weighted by molar-refractivity contribution is 5.89. The summed E-state index contributed by atoms with van der Waals surface area (Å²) in [6.07, 6.45) is 18.4. The number of aliphatic hydroxyl groups is 3. The number of hydrogen-bond acceptors (Lipinski definition) is 7. The zero-order valence-corrected chi connectivity index (χ0v) is 18.6. The summed E-state index contributed by atoms with van der Waals surface area (Å²) >= 11 is 0. The van der Waals surface area contributed by atoms with Crippen molar-refractivity contribution in [3.8, 4) is 0 Å². The summed E-state index contributed by atoms with van der Waals surface area (Å²) in [5.74, 6) is -3.24. The molecule has 0 aromatic carbocycles. The first-order chi connectivity index (χ1) is 15.0. The summed E-state index contributed by atoms with van der Waals surface area (Å²) in [5, 5.41) is 28.5. The first kappa shape index (κ1) is 26.8. The average Bonchev–Trinajstić information content (AvgIpc) is 3.02. The number of allylic oxidation sites excluding steroid dienone is 4. The summed E-state index contributed by atoms with van der Waals surface area (Å²) in [6, 6.07) is 0. The van der Waals surface area contributed by atoms with Crippen LogP contribution in [0.25, 0.3) is 0 Å². The molecule has 0 aromatic rings. The zero-order chi connectivity index (χ0) is 22.9. The van der Waals surface area contributed by atoms with Crippen molar-refractivity contribution < 1.29 is 34.4 Å². The highest BCUT2D eigenvalue weighted by Gasteiger charge is 2.39. The molecule has 0 aromatic heterocycles. The van der Waals surface area contributed by atoms with E-state index in [4.69, 9.17) is 4.74 Å². The van der Waals surface area contributed by atoms with Gasteiger partial charge >= 0.3 is 11.9 Å². The van der Waals surface area contributed by atoms with Crippen LogP contribution in [0.3, 0.4) is 0 Å². The summed E-state index contributed by atoms with van der Waals surface area (Å²) < 4.78 is 9.55. The third kappa shape index (κ3) is 11.6. The molecule has 0 bridgehead atoms. The second-order valence-electron chi connectivity index (χ2n) is 7.82. The minimum absolute atomic E-state index is 0.248. The molecule has 0 spiro atoms. The molecule has 3 N–H and O–H groups in total. The molecule has 0 amide bonds. The summed E-state index contributed by atoms with van der Waals surface area (Å²) in [4.78, 5) is 22.8. The fourth-order valence-corrected chi connectivity index (χ4v) is 3.17. The minimum Gasteiger partial charge on any atom is -0.505 e. The quantitative estimate of drug-likeness (QED) is 0.167. The summed E-state index contributed by atoms with van der Waals surface area (Å²) in [5.41, 5.74) is 0. The van der Waals surface area contributed by atoms with E-state index in [1.807, 2.05) is 0 Å². The molecule has 1 heterocycles. The molecule has 0 radical (unpaired) electrons. The Balaban J connectivity index is 1.95. The lowest BCUT2D eigenvalue weighted by Gasteiger charge is -2.17. The predicted molar refractivity (Wildman–Crippen MR) is 118 cm³/mol. The lowest BCUT2D eigenvalue weighted by atomic mass is 10.1. The van der Waals surface area contributed by atoms with Gasteiger partial charge in [-0.1, -0.05) is 69.8 Å². The maximum atomic E-state index is 11.7. The molecule has 0 aliphatic carbocycles. The SMILES string of the molecule is CCCCC/C=C\C=C/CCCCCCCCC(=O)OCC(O)C1OC(=O)C(O)=C1O. The number of cyclic esters (lactones) is 1. The van der Waals surface area contributed by atoms with Crippen LogP contribution in [0.15, 0.2) is 35.8 Å². The second-order valence-corrected chi connectivity index (χ2v) is 7.82. The number of rotatable bonds is 17. The van der Waals surface area contributed by atoms with Crippen LogP contribution in [-0.2, 0) is 19.1 Å². The van der Waals surface area contributed by atoms with Crippen molar-refractivity contribution in [2.45, 2.75) is 96.2 Å². The van der Waals surface area contributed by atoms with Crippen LogP contribution in [-0.4, -0.2) is 46.1 Å². The van der Waals surface area contributed by atoms with Gasteiger partial charge in [0.25, 0.3) is 0 Å². The van der Waals surface area contributed by atoms with Gasteiger partial charge in [0.2, 0.25) is 5.76 Å². The fourth-order valence-electron chi connectivity index (χ4n) is 3.17. The van der Waals surface area contributed by atoms with Gasteiger partial charge in [0.1, 0.15) is 12.7 Å². The van der Waals surface area contributed by atoms with E-state index in [1.165, 1.54) is 32.1 Å². The highest BCUT2D eigenvalue weighted by Crippen LogP contribution is 2.21. The first-order valence-corrected chi connectivity index (χ1v) is 11.5. The Hall–Kier alpha value is -2.28. The number of unbranched alkanes of at least 4 members (excludes halogenated alkanes) is 9. The van der Waals surface area contributed by atoms with E-state index < -0.39 is 42.3 Å². The Morgan fingerprint density at radius 3 is 2.16 bits per heavy atom. The highest BCUT2D eigenvalue weighted by atomic mass is 16.6. The monoisotopic (exact) mass is 438 g/mol. The molecule has 1 aliphatic heterocycles. The molecule has 1 rings (SSSR count). The fraction of sp³-hybridized carbons (Fsp3) is 0.667. The maximum absolute atomic E-state index is 11.7. The van der Waals surface area contributed by atoms with Crippen molar-refractivity contribution in [3.63, 3.8) is 0 Å². The van der Waals surface area contributed by atoms with Gasteiger partial charge in [-0.05, 0) is 32.1 Å². The van der Waals surface area contributed by atoms with Gasteiger partial charge in [0.05, 0.1) is 0 Å². The molecular weight excluding hydrogens is 400 g/mol. The topological polar surface area (TPSA) is 113 Å². The number of esters is 2. The van der Waals surface area contributed by atoms with Gasteiger partial charge in [-0.2, -0.15) is 0 Å². The smallest absolute Gasteiger partial charge is 0.377 e. The lowest BCUT2D eigenvalue weighted by Crippen LogP contribution is -2.33. The predicted octanol–water partition coefficient (Wildman–Crippen LogP) is 4.96. The molecular formula is C24H38O7. The van der Waals surface area contributed by atoms with Gasteiger partial charge in [0, 0.05) is 6.42 Å². The molecule has 7 nitrogen and oxygen atoms in total. The third-order valence-electron chi connectivity index (χ3n) is 5.06. The summed E-state index contributed by atoms with van der Waals surface area (Å²) in [7, 11) is 0. The van der Waals surface area contributed by atoms with E-state index in [9.17, 15) is 24.9 Å². The Bertz CT molecular complexity index is 621. The Kier molecular flexibility index (Phi) is 14.2. The van der Waals surface area contributed by atoms with Gasteiger partial charge in [-0.15, -0.1) is 0 Å². The number of carbonyl (C=O) groups is 2. The molecule has 1 aliphatic rings. The lowest BCUT2D eigenvalue weighted by molar-refractivity contribution is -0.154. The van der Waals surface area contributed by atoms with Crippen molar-refractivity contribution in [2.24, 2.45) is 0 Å². The molecule has 0 fully saturated rings. The third-order valence-corrected chi connectivity index (χ3v) is 5.06. The van der Waals surface area contributed by atoms with E-state index in [2.05, 4.69) is 36.0 Å². The standard InChI is InChI=1S/C24H38O7/c1-2-3-4-5-6-7-8-9-10-11-12-13-14-15-16-17-20(26)30-18-19(25)23-21(27)22(28)24(29)31-23/h6-9,19,23,25,27-28H,2-5,10-18H2,1H3/b7-6-,9-8-. The van der Waals surface area contributed by atoms with Crippen LogP contribution >= 0.6 is 0 Å². The van der Waals surface area contributed by atoms with Crippen LogP contribution in [0, 0.1) is 0 Å². The van der Waals surface area contributed by atoms with Crippen LogP contribution in [0.2, 0.25) is 0 Å². The molecule has 31 heavy (non-hydrogen) atoms. The molecule has 0 saturated carbocycles. The molecule has 176 valence electrons. The van der Waals surface area contributed by atoms with E-state index in [0.717, 1.165) is 32.1 Å². The number of ether oxygens (including phenoxy) is 2. The van der Waals surface area contributed by atoms with Crippen molar-refractivity contribution >= 4 is 11.9 Å². The van der Waals surface area contributed by atoms with E-state index >= 15 is 0 Å². The molecule has 2 unspecified atom stereocenters. The van der Waals surface area contributed by atoms with Crippen molar-refractivity contribution in [3.05, 3.63) is 35.8 Å². The van der Waals surface area contributed by atoms with Crippen LogP contribution in [0.5, 0.6) is 0 Å². The van der Waals surface area contributed by atoms with Gasteiger partial charge < -0.3 is 24.8 Å². The van der Waals surface area contributed by atoms with Crippen molar-refractivity contribution in [1.82, 2.24) is 0 Å². The molecule has 2 atom stereocenters. The van der Waals surface area contributed by atoms with Gasteiger partial charge in [-0.25, -0.2) is 4.79 Å². The largest absolute Gasteiger partial charge is 0.505 e. The minimum atomic E-state index is -1.43. The van der Waals surface area contributed by atoms with E-state index in [1.54, 1.807) is 0 Å². The Morgan fingerprint density at radius 2 is 1.58 bits per heavy atom. The van der Waals surface area contributed by atoms with Crippen LogP contribution in [0.1, 0.15) is 84.0 Å². The molecule has 7 heteroatoms. The van der Waals surface area contributed by atoms with Gasteiger partial charge in [0.15, 0.2) is 11.9 Å². The summed E-state index contributed by atoms with van der Waals surface area (Å²) in [6.45, 7) is 1.79. The molecule has 0 saturated heterocycles. The Morgan fingerprint density at radius 1 is 1.00 bits per heavy atom. The zero-order valence-electron chi connectivity index (χ0n) is 18.6. The average molecular weight is 439 g/mol. The normalized spacial score (nSPS) is 17.6. The van der Waals surface area contributed by atoms with Crippen molar-refractivity contribution in [2.75, 3.05) is 6.61 Å². The number of hydrogen-bond donors (Lipinski definition) is 3. The first-order valence-electron chi connectivity index (χ1n) is 11.5. The maximum Gasteiger partial charge on any atom is 0.377 e. The van der Waals surface area contributed by atoms with Crippen molar-refractivity contribution in [1.29, 1.82) is 0 Å². The number of carbonyl (C=O) groups excluding carboxylic acids is 2.